The van der Waals surface area contributed by atoms with E-state index in [1.165, 1.54) is 243 Å². The summed E-state index contributed by atoms with van der Waals surface area (Å²) in [6, 6.07) is 116. The zero-order chi connectivity index (χ0) is 106. The van der Waals surface area contributed by atoms with Crippen molar-refractivity contribution in [2.75, 3.05) is 157 Å². The van der Waals surface area contributed by atoms with Crippen LogP contribution in [0, 0.1) is 69.2 Å². The van der Waals surface area contributed by atoms with Crippen LogP contribution in [0.3, 0.4) is 0 Å². The molecule has 4 unspecified atom stereocenters. The number of halogens is 7. The summed E-state index contributed by atoms with van der Waals surface area (Å²) in [6.07, 6.45) is 0. The van der Waals surface area contributed by atoms with Crippen molar-refractivity contribution < 1.29 is 0 Å². The van der Waals surface area contributed by atoms with E-state index >= 15 is 0 Å². The monoisotopic (exact) mass is 2370 g/mol. The number of nitrogens with zero attached hydrogens (tertiary/aromatic N) is 7. The minimum absolute atomic E-state index is 0.265. The molecule has 7 nitrogen and oxygen atoms in total. The van der Waals surface area contributed by atoms with Crippen molar-refractivity contribution in [3.05, 3.63) is 431 Å². The van der Waals surface area contributed by atoms with Gasteiger partial charge in [0, 0.05) is 74.8 Å². The Bertz CT molecular complexity index is 7540. The van der Waals surface area contributed by atoms with E-state index in [9.17, 15) is 0 Å². The second-order valence-corrected chi connectivity index (χ2v) is 41.8. The van der Waals surface area contributed by atoms with Gasteiger partial charge in [-0.05, 0) is 399 Å². The van der Waals surface area contributed by atoms with Crippen LogP contribution in [-0.4, -0.2) is 162 Å². The van der Waals surface area contributed by atoms with E-state index in [2.05, 4.69) is 585 Å². The molecule has 18 aromatic rings. The first-order valence-electron chi connectivity index (χ1n) is 49.1. The van der Waals surface area contributed by atoms with Crippen molar-refractivity contribution in [1.29, 1.82) is 0 Å². The molecule has 0 heterocycles. The lowest BCUT2D eigenvalue weighted by atomic mass is 9.67. The Hall–Kier alpha value is -9.88. The maximum atomic E-state index is 4.09. The smallest absolute Gasteiger partial charge is 0.129 e. The third-order valence-electron chi connectivity index (χ3n) is 27.3. The highest BCUT2D eigenvalue weighted by atomic mass is 79.9. The Morgan fingerprint density at radius 1 is 0.248 bits per heavy atom. The van der Waals surface area contributed by atoms with Gasteiger partial charge in [-0.3, -0.25) is 9.80 Å². The van der Waals surface area contributed by atoms with E-state index < -0.39 is 5.41 Å². The highest BCUT2D eigenvalue weighted by Gasteiger charge is 2.48. The Kier molecular flexibility index (Phi) is 40.9. The standard InChI is InChI=1S/C33H28BrN.C27H25N.C21H20BrN.C21H21N.C18H19N.2C3H9N.5CH3Br/c1-21-9-18-29-30(19-21)33(23-10-14-25(34)15-11-23,24-12-16-26(17-13-24)35(3)4)31-20-22(2)27-7-5-6-8-28(27)32(29)31;1-17-9-14-23-24(15-17)26(19-10-12-20(13-11-19)28(3)4)25-16-18(2)21-7-5-6-8-22(21)27(23)25;1-13-9-10-17-18(11-13)21(22,23(3)4)19-12-14(2)15-7-5-6-8-16(15)20(17)19;1-13-9-10-17-18(11-13)21(22(3)4)19-12-14(2)15-7-5-6-8-16(15)20(17)19;1-12-6-8-16-15(9-12)11-14-7-5-13(2)10-17(14)18(16)19(3)4;2*1-4(2)3;5*1-2/h5-20H,1-4H3;5-16,26H,1-4H3;5-12H,1-4H3;5-12,21H,1-4H3;5-11H,1-4H3;2*1-3H3;5*1H3. The van der Waals surface area contributed by atoms with Gasteiger partial charge in [0.1, 0.15) is 4.45 Å². The molecule has 0 aromatic heterocycles. The van der Waals surface area contributed by atoms with Crippen LogP contribution in [0.1, 0.15) is 129 Å². The first kappa shape index (κ1) is 115. The van der Waals surface area contributed by atoms with Crippen LogP contribution < -0.4 is 14.7 Å². The van der Waals surface area contributed by atoms with Crippen molar-refractivity contribution in [3.63, 3.8) is 0 Å². The van der Waals surface area contributed by atoms with E-state index in [1.54, 1.807) is 0 Å². The molecule has 0 aliphatic heterocycles. The summed E-state index contributed by atoms with van der Waals surface area (Å²) in [6.45, 7) is 22.0. The van der Waals surface area contributed by atoms with Crippen LogP contribution >= 0.6 is 112 Å². The van der Waals surface area contributed by atoms with Gasteiger partial charge in [0.05, 0.1) is 17.1 Å². The molecule has 4 aliphatic carbocycles. The van der Waals surface area contributed by atoms with Gasteiger partial charge in [0.2, 0.25) is 0 Å². The van der Waals surface area contributed by atoms with Gasteiger partial charge in [-0.15, -0.1) is 0 Å². The largest absolute Gasteiger partial charge is 0.378 e. The molecular formula is C131H146Br7N7. The normalized spacial score (nSPS) is 14.4. The van der Waals surface area contributed by atoms with Crippen molar-refractivity contribution in [1.82, 2.24) is 19.6 Å². The number of anilines is 3. The number of alkyl halides is 6. The molecular weight excluding hydrogens is 2230 g/mol. The summed E-state index contributed by atoms with van der Waals surface area (Å²) in [5.41, 5.74) is 42.7. The summed E-state index contributed by atoms with van der Waals surface area (Å²) in [7, 11) is 33.2. The number of rotatable bonds is 8. The van der Waals surface area contributed by atoms with E-state index in [0.29, 0.717) is 12.0 Å². The quantitative estimate of drug-likeness (QED) is 0.0848. The molecule has 14 heteroatoms. The predicted octanol–water partition coefficient (Wildman–Crippen LogP) is 36.1. The van der Waals surface area contributed by atoms with Crippen molar-refractivity contribution >= 4 is 193 Å². The molecule has 0 saturated carbocycles. The fourth-order valence-corrected chi connectivity index (χ4v) is 22.3. The summed E-state index contributed by atoms with van der Waals surface area (Å²) in [5, 5.41) is 16.1. The molecule has 0 radical (unpaired) electrons. The van der Waals surface area contributed by atoms with Crippen LogP contribution in [0.25, 0.3) is 109 Å². The summed E-state index contributed by atoms with van der Waals surface area (Å²) in [4.78, 5) is 15.1. The molecule has 0 bridgehead atoms. The molecule has 0 spiro atoms. The molecule has 145 heavy (non-hydrogen) atoms. The summed E-state index contributed by atoms with van der Waals surface area (Å²) < 4.78 is 0.829. The second kappa shape index (κ2) is 51.4. The highest BCUT2D eigenvalue weighted by Crippen LogP contribution is 2.61. The van der Waals surface area contributed by atoms with Gasteiger partial charge >= 0.3 is 0 Å². The molecule has 4 atom stereocenters. The van der Waals surface area contributed by atoms with Crippen LogP contribution in [0.2, 0.25) is 0 Å². The minimum Gasteiger partial charge on any atom is -0.378 e. The first-order valence-corrected chi connectivity index (χ1v) is 58.6. The Balaban J connectivity index is 0.000000168. The Morgan fingerprint density at radius 2 is 0.593 bits per heavy atom. The third kappa shape index (κ3) is 24.0. The van der Waals surface area contributed by atoms with E-state index in [1.807, 2.05) is 81.3 Å². The molecule has 0 fully saturated rings. The number of benzene rings is 18. The fraction of sp³-hybridized carbons (Fsp3) is 0.267. The van der Waals surface area contributed by atoms with Crippen molar-refractivity contribution in [3.8, 4) is 44.5 Å². The lowest BCUT2D eigenvalue weighted by molar-refractivity contribution is 0.318. The highest BCUT2D eigenvalue weighted by molar-refractivity contribution is 9.10. The molecule has 0 N–H and O–H groups in total. The van der Waals surface area contributed by atoms with Crippen molar-refractivity contribution in [2.45, 2.75) is 91.1 Å². The Morgan fingerprint density at radius 3 is 1.04 bits per heavy atom. The third-order valence-corrected chi connectivity index (χ3v) is 29.4. The van der Waals surface area contributed by atoms with E-state index in [-0.39, 0.29) is 4.45 Å². The zero-order valence-corrected chi connectivity index (χ0v) is 102. The maximum Gasteiger partial charge on any atom is 0.129 e. The van der Waals surface area contributed by atoms with Gasteiger partial charge in [0.25, 0.3) is 0 Å². The van der Waals surface area contributed by atoms with Crippen molar-refractivity contribution in [2.24, 2.45) is 0 Å². The van der Waals surface area contributed by atoms with Crippen LogP contribution in [0.4, 0.5) is 17.1 Å². The first-order chi connectivity index (χ1) is 69.5. The van der Waals surface area contributed by atoms with E-state index in [4.69, 9.17) is 0 Å². The topological polar surface area (TPSA) is 22.7 Å². The number of fused-ring (bicyclic) bond motifs is 22. The SMILES string of the molecule is CBr.CBr.CBr.CBr.CBr.CN(C)C.CN(C)C.Cc1ccc2c(N(C)C)c3cc(C)ccc3cc2c1.Cc1ccc2c(c1)C(Br)(N(C)C)c1cc(C)c3ccccc3c1-2.Cc1ccc2c(c1)C(N(C)C)c1cc(C)c3ccccc3c1-2.Cc1ccc2c(c1)C(c1ccc(Br)cc1)(c1ccc(N(C)C)cc1)c1cc(C)c3ccccc3c1-2.Cc1ccc2c(c1)C(c1ccc(N(C)C)cc1)c1cc(C)c3ccccc3c1-2. The average Bonchev–Trinajstić information content (AvgIpc) is 1.53. The molecule has 18 aromatic carbocycles. The summed E-state index contributed by atoms with van der Waals surface area (Å²) in [5.74, 6) is 9.36. The van der Waals surface area contributed by atoms with Gasteiger partial charge < -0.3 is 24.5 Å². The van der Waals surface area contributed by atoms with Crippen LogP contribution in [-0.2, 0) is 9.86 Å². The second-order valence-electron chi connectivity index (χ2n) is 39.8. The Labute approximate surface area is 926 Å². The average molecular weight is 2380 g/mol. The number of hydrogen-bond acceptors (Lipinski definition) is 7. The molecule has 0 amide bonds. The molecule has 4 aliphatic rings. The molecule has 754 valence electrons. The summed E-state index contributed by atoms with van der Waals surface area (Å²) >= 11 is 22.4. The zero-order valence-electron chi connectivity index (χ0n) is 90.9. The minimum atomic E-state index is -0.392. The van der Waals surface area contributed by atoms with Gasteiger partial charge in [-0.25, -0.2) is 0 Å². The fourth-order valence-electron chi connectivity index (χ4n) is 21.4. The number of aryl methyl sites for hydroxylation is 10. The van der Waals surface area contributed by atoms with Crippen LogP contribution in [0.5, 0.6) is 0 Å². The van der Waals surface area contributed by atoms with Crippen LogP contribution in [0.15, 0.2) is 314 Å². The lowest BCUT2D eigenvalue weighted by Gasteiger charge is -2.34. The predicted molar refractivity (Wildman–Crippen MR) is 669 cm³/mol. The molecule has 0 saturated heterocycles. The van der Waals surface area contributed by atoms with Gasteiger partial charge in [0.15, 0.2) is 0 Å². The van der Waals surface area contributed by atoms with Gasteiger partial charge in [-0.1, -0.05) is 406 Å². The molecule has 22 rings (SSSR count). The number of hydrogen-bond donors (Lipinski definition) is 0. The van der Waals surface area contributed by atoms with Gasteiger partial charge in [-0.2, -0.15) is 0 Å². The van der Waals surface area contributed by atoms with E-state index in [0.717, 1.165) is 4.47 Å². The maximum absolute atomic E-state index is 4.09. The lowest BCUT2D eigenvalue weighted by Crippen LogP contribution is -2.34.